The first kappa shape index (κ1) is 14.0. The lowest BCUT2D eigenvalue weighted by molar-refractivity contribution is -0.144. The predicted molar refractivity (Wildman–Crippen MR) is 67.0 cm³/mol. The van der Waals surface area contributed by atoms with E-state index in [1.807, 2.05) is 0 Å². The van der Waals surface area contributed by atoms with Crippen molar-refractivity contribution in [1.82, 2.24) is 13.9 Å². The molecule has 1 N–H and O–H groups in total. The molecule has 1 atom stereocenters. The number of carboxylic acids is 1. The Morgan fingerprint density at radius 3 is 2.53 bits per heavy atom. The van der Waals surface area contributed by atoms with Crippen molar-refractivity contribution in [3.63, 3.8) is 0 Å². The molecule has 1 aromatic rings. The first-order chi connectivity index (χ1) is 8.73. The number of aryl methyl sites for hydroxylation is 2. The molecule has 0 aliphatic carbocycles. The monoisotopic (exact) mass is 287 g/mol. The normalized spacial score (nSPS) is 19.1. The largest absolute Gasteiger partial charge is 0.481 e. The van der Waals surface area contributed by atoms with Gasteiger partial charge in [0.1, 0.15) is 5.82 Å². The smallest absolute Gasteiger partial charge is 0.306 e. The van der Waals surface area contributed by atoms with E-state index in [0.29, 0.717) is 5.82 Å². The second-order valence-electron chi connectivity index (χ2n) is 4.95. The van der Waals surface area contributed by atoms with E-state index >= 15 is 0 Å². The van der Waals surface area contributed by atoms with Gasteiger partial charge in [0.25, 0.3) is 10.0 Å². The fraction of sp³-hybridized carbons (Fsp3) is 0.636. The second-order valence-corrected chi connectivity index (χ2v) is 6.83. The number of rotatable bonds is 4. The molecule has 0 radical (unpaired) electrons. The molecule has 0 bridgehead atoms. The van der Waals surface area contributed by atoms with Crippen LogP contribution in [0.1, 0.15) is 12.7 Å². The van der Waals surface area contributed by atoms with Crippen LogP contribution in [0, 0.1) is 18.8 Å². The Morgan fingerprint density at radius 1 is 1.53 bits per heavy atom. The fourth-order valence-corrected chi connectivity index (χ4v) is 3.55. The van der Waals surface area contributed by atoms with Crippen molar-refractivity contribution >= 4 is 16.0 Å². The highest BCUT2D eigenvalue weighted by atomic mass is 32.2. The number of hydrogen-bond acceptors (Lipinski definition) is 4. The van der Waals surface area contributed by atoms with Gasteiger partial charge in [0.05, 0.1) is 5.92 Å². The molecule has 1 aliphatic rings. The topological polar surface area (TPSA) is 92.5 Å². The molecule has 0 amide bonds. The molecule has 0 aromatic carbocycles. The summed E-state index contributed by atoms with van der Waals surface area (Å²) in [5.74, 6) is -0.931. The first-order valence-corrected chi connectivity index (χ1v) is 7.40. The minimum Gasteiger partial charge on any atom is -0.481 e. The summed E-state index contributed by atoms with van der Waals surface area (Å²) >= 11 is 0. The zero-order valence-electron chi connectivity index (χ0n) is 11.1. The van der Waals surface area contributed by atoms with Crippen LogP contribution in [0.5, 0.6) is 0 Å². The lowest BCUT2D eigenvalue weighted by Gasteiger charge is -2.39. The molecule has 8 heteroatoms. The van der Waals surface area contributed by atoms with Crippen LogP contribution in [0.4, 0.5) is 0 Å². The molecule has 1 unspecified atom stereocenters. The van der Waals surface area contributed by atoms with Crippen LogP contribution in [0.3, 0.4) is 0 Å². The van der Waals surface area contributed by atoms with Gasteiger partial charge in [-0.05, 0) is 12.8 Å². The summed E-state index contributed by atoms with van der Waals surface area (Å²) in [6.07, 6.45) is 1.47. The molecule has 0 spiro atoms. The van der Waals surface area contributed by atoms with Gasteiger partial charge in [-0.1, -0.05) is 6.92 Å². The van der Waals surface area contributed by atoms with E-state index in [2.05, 4.69) is 4.98 Å². The maximum atomic E-state index is 12.2. The predicted octanol–water partition coefficient (Wildman–Crippen LogP) is 0.0697. The van der Waals surface area contributed by atoms with Crippen molar-refractivity contribution in [2.45, 2.75) is 18.9 Å². The maximum absolute atomic E-state index is 12.2. The zero-order chi connectivity index (χ0) is 14.4. The van der Waals surface area contributed by atoms with E-state index in [4.69, 9.17) is 5.11 Å². The third-order valence-corrected chi connectivity index (χ3v) is 5.37. The number of carboxylic acid groups (broad SMARTS) is 1. The number of aliphatic carboxylic acids is 1. The van der Waals surface area contributed by atoms with E-state index in [9.17, 15) is 13.2 Å². The summed E-state index contributed by atoms with van der Waals surface area (Å²) in [7, 11) is -1.86. The molecule has 2 heterocycles. The standard InChI is InChI=1S/C11H17N3O4S/c1-7(11(15)16)9-4-14(5-9)19(17,18)10-6-13(3)8(2)12-10/h6-7,9H,4-5H2,1-3H3,(H,15,16). The third-order valence-electron chi connectivity index (χ3n) is 3.66. The van der Waals surface area contributed by atoms with Gasteiger partial charge in [0.15, 0.2) is 5.03 Å². The average Bonchev–Trinajstić information content (AvgIpc) is 2.57. The molecule has 7 nitrogen and oxygen atoms in total. The molecular formula is C11H17N3O4S. The van der Waals surface area contributed by atoms with Crippen LogP contribution < -0.4 is 0 Å². The summed E-state index contributed by atoms with van der Waals surface area (Å²) in [6.45, 7) is 3.81. The van der Waals surface area contributed by atoms with E-state index in [1.165, 1.54) is 10.5 Å². The van der Waals surface area contributed by atoms with Crippen molar-refractivity contribution in [2.24, 2.45) is 18.9 Å². The lowest BCUT2D eigenvalue weighted by atomic mass is 9.89. The van der Waals surface area contributed by atoms with Crippen molar-refractivity contribution in [2.75, 3.05) is 13.1 Å². The molecule has 1 aliphatic heterocycles. The van der Waals surface area contributed by atoms with Gasteiger partial charge >= 0.3 is 5.97 Å². The van der Waals surface area contributed by atoms with Crippen molar-refractivity contribution in [3.05, 3.63) is 12.0 Å². The maximum Gasteiger partial charge on any atom is 0.306 e. The summed E-state index contributed by atoms with van der Waals surface area (Å²) < 4.78 is 27.4. The van der Waals surface area contributed by atoms with E-state index in [0.717, 1.165) is 0 Å². The fourth-order valence-electron chi connectivity index (χ4n) is 1.97. The zero-order valence-corrected chi connectivity index (χ0v) is 11.9. The van der Waals surface area contributed by atoms with Crippen LogP contribution in [-0.4, -0.2) is 46.4 Å². The molecule has 0 saturated carbocycles. The number of sulfonamides is 1. The molecule has 1 aromatic heterocycles. The van der Waals surface area contributed by atoms with Crippen molar-refractivity contribution < 1.29 is 18.3 Å². The summed E-state index contributed by atoms with van der Waals surface area (Å²) in [6, 6.07) is 0. The van der Waals surface area contributed by atoms with Crippen LogP contribution in [0.25, 0.3) is 0 Å². The molecule has 106 valence electrons. The summed E-state index contributed by atoms with van der Waals surface area (Å²) in [4.78, 5) is 14.8. The van der Waals surface area contributed by atoms with Gasteiger partial charge in [-0.15, -0.1) is 0 Å². The van der Waals surface area contributed by atoms with Gasteiger partial charge in [-0.2, -0.15) is 4.31 Å². The molecule has 19 heavy (non-hydrogen) atoms. The summed E-state index contributed by atoms with van der Waals surface area (Å²) in [5, 5.41) is 8.90. The molecule has 1 saturated heterocycles. The number of carbonyl (C=O) groups is 1. The SMILES string of the molecule is Cc1nc(S(=O)(=O)N2CC(C(C)C(=O)O)C2)cn1C. The van der Waals surface area contributed by atoms with E-state index in [1.54, 1.807) is 25.5 Å². The highest BCUT2D eigenvalue weighted by molar-refractivity contribution is 7.89. The van der Waals surface area contributed by atoms with Crippen LogP contribution >= 0.6 is 0 Å². The Morgan fingerprint density at radius 2 is 2.11 bits per heavy atom. The molecule has 1 fully saturated rings. The van der Waals surface area contributed by atoms with Gasteiger partial charge in [-0.25, -0.2) is 13.4 Å². The van der Waals surface area contributed by atoms with Crippen LogP contribution in [0.15, 0.2) is 11.2 Å². The Bertz CT molecular complexity index is 582. The Labute approximate surface area is 111 Å². The minimum absolute atomic E-state index is 0.0222. The van der Waals surface area contributed by atoms with Gasteiger partial charge in [-0.3, -0.25) is 4.79 Å². The highest BCUT2D eigenvalue weighted by Gasteiger charge is 2.42. The number of aromatic nitrogens is 2. The van der Waals surface area contributed by atoms with Crippen molar-refractivity contribution in [3.8, 4) is 0 Å². The highest BCUT2D eigenvalue weighted by Crippen LogP contribution is 2.29. The van der Waals surface area contributed by atoms with E-state index in [-0.39, 0.29) is 24.0 Å². The lowest BCUT2D eigenvalue weighted by Crippen LogP contribution is -2.53. The van der Waals surface area contributed by atoms with Gasteiger partial charge in [0.2, 0.25) is 0 Å². The Hall–Kier alpha value is -1.41. The van der Waals surface area contributed by atoms with E-state index < -0.39 is 21.9 Å². The second kappa shape index (κ2) is 4.61. The van der Waals surface area contributed by atoms with Crippen LogP contribution in [-0.2, 0) is 21.9 Å². The Balaban J connectivity index is 2.10. The minimum atomic E-state index is -3.59. The first-order valence-electron chi connectivity index (χ1n) is 5.96. The van der Waals surface area contributed by atoms with Crippen LogP contribution in [0.2, 0.25) is 0 Å². The molecular weight excluding hydrogens is 270 g/mol. The van der Waals surface area contributed by atoms with Crippen molar-refractivity contribution in [1.29, 1.82) is 0 Å². The number of hydrogen-bond donors (Lipinski definition) is 1. The Kier molecular flexibility index (Phi) is 3.40. The number of nitrogens with zero attached hydrogens (tertiary/aromatic N) is 3. The quantitative estimate of drug-likeness (QED) is 0.846. The molecule has 2 rings (SSSR count). The van der Waals surface area contributed by atoms with Gasteiger partial charge in [0, 0.05) is 26.3 Å². The third kappa shape index (κ3) is 2.37. The average molecular weight is 287 g/mol. The summed E-state index contributed by atoms with van der Waals surface area (Å²) in [5.41, 5.74) is 0. The van der Waals surface area contributed by atoms with Gasteiger partial charge < -0.3 is 9.67 Å². The number of imidazole rings is 1.